The third-order valence-electron chi connectivity index (χ3n) is 1.51. The Morgan fingerprint density at radius 2 is 2.08 bits per heavy atom. The highest BCUT2D eigenvalue weighted by Gasteiger charge is 1.98. The molecule has 0 amide bonds. The van der Waals surface area contributed by atoms with Crippen LogP contribution in [0.4, 0.5) is 0 Å². The zero-order valence-corrected chi connectivity index (χ0v) is 7.92. The van der Waals surface area contributed by atoms with Gasteiger partial charge in [-0.25, -0.2) is 0 Å². The molecule has 0 aliphatic rings. The van der Waals surface area contributed by atoms with Gasteiger partial charge in [-0.2, -0.15) is 0 Å². The molecule has 0 fully saturated rings. The molecule has 0 bridgehead atoms. The van der Waals surface area contributed by atoms with E-state index in [0.717, 1.165) is 5.57 Å². The first kappa shape index (κ1) is 10.7. The maximum Gasteiger partial charge on any atom is 0.144 e. The van der Waals surface area contributed by atoms with Crippen molar-refractivity contribution in [2.24, 2.45) is 4.99 Å². The zero-order valence-electron chi connectivity index (χ0n) is 7.92. The Kier molecular flexibility index (Phi) is 4.77. The van der Waals surface area contributed by atoms with Gasteiger partial charge in [-0.05, 0) is 26.6 Å². The molecule has 0 atom stereocenters. The molecule has 0 N–H and O–H groups in total. The number of hydrogen-bond donors (Lipinski definition) is 0. The summed E-state index contributed by atoms with van der Waals surface area (Å²) in [6, 6.07) is 0. The van der Waals surface area contributed by atoms with E-state index >= 15 is 0 Å². The smallest absolute Gasteiger partial charge is 0.144 e. The van der Waals surface area contributed by atoms with Crippen LogP contribution in [0.5, 0.6) is 0 Å². The molecule has 12 heavy (non-hydrogen) atoms. The first-order valence-electron chi connectivity index (χ1n) is 3.70. The van der Waals surface area contributed by atoms with Crippen molar-refractivity contribution in [1.29, 1.82) is 0 Å². The van der Waals surface area contributed by atoms with Gasteiger partial charge in [0.2, 0.25) is 0 Å². The maximum atomic E-state index is 5.06. The molecule has 0 saturated heterocycles. The van der Waals surface area contributed by atoms with Crippen LogP contribution in [0, 0.1) is 0 Å². The largest absolute Gasteiger partial charge is 0.495 e. The standard InChI is InChI=1S/C10H15NO/c1-6-8(2)7-10(12-5)9(3)11-4/h6-7H,3-4H2,1-2,5H3/b8-6-,10-7+. The van der Waals surface area contributed by atoms with Gasteiger partial charge in [0, 0.05) is 0 Å². The monoisotopic (exact) mass is 165 g/mol. The van der Waals surface area contributed by atoms with E-state index in [1.54, 1.807) is 7.11 Å². The van der Waals surface area contributed by atoms with Crippen molar-refractivity contribution in [1.82, 2.24) is 0 Å². The Labute approximate surface area is 74.0 Å². The molecule has 0 spiro atoms. The maximum absolute atomic E-state index is 5.06. The fraction of sp³-hybridized carbons (Fsp3) is 0.300. The minimum atomic E-state index is 0.554. The summed E-state index contributed by atoms with van der Waals surface area (Å²) in [6.45, 7) is 11.0. The first-order valence-corrected chi connectivity index (χ1v) is 3.70. The molecule has 0 saturated carbocycles. The van der Waals surface area contributed by atoms with Gasteiger partial charge >= 0.3 is 0 Å². The summed E-state index contributed by atoms with van der Waals surface area (Å²) in [7, 11) is 1.59. The quantitative estimate of drug-likeness (QED) is 0.356. The molecule has 0 aliphatic carbocycles. The Bertz CT molecular complexity index is 236. The van der Waals surface area contributed by atoms with Crippen LogP contribution >= 0.6 is 0 Å². The lowest BCUT2D eigenvalue weighted by atomic mass is 10.2. The molecule has 0 radical (unpaired) electrons. The number of nitrogens with zero attached hydrogens (tertiary/aromatic N) is 1. The molecule has 0 aromatic rings. The van der Waals surface area contributed by atoms with Crippen molar-refractivity contribution in [2.75, 3.05) is 7.11 Å². The van der Waals surface area contributed by atoms with Crippen molar-refractivity contribution in [3.8, 4) is 0 Å². The van der Waals surface area contributed by atoms with Gasteiger partial charge in [-0.1, -0.05) is 18.2 Å². The highest BCUT2D eigenvalue weighted by atomic mass is 16.5. The van der Waals surface area contributed by atoms with Crippen LogP contribution in [0.25, 0.3) is 0 Å². The van der Waals surface area contributed by atoms with E-state index in [2.05, 4.69) is 18.3 Å². The van der Waals surface area contributed by atoms with Crippen LogP contribution in [0.2, 0.25) is 0 Å². The molecule has 0 aromatic heterocycles. The summed E-state index contributed by atoms with van der Waals surface area (Å²) in [4.78, 5) is 3.68. The van der Waals surface area contributed by atoms with Crippen molar-refractivity contribution in [3.63, 3.8) is 0 Å². The van der Waals surface area contributed by atoms with E-state index in [9.17, 15) is 0 Å². The molecule has 0 unspecified atom stereocenters. The van der Waals surface area contributed by atoms with E-state index in [1.807, 2.05) is 26.0 Å². The topological polar surface area (TPSA) is 21.6 Å². The summed E-state index contributed by atoms with van der Waals surface area (Å²) in [5.41, 5.74) is 1.66. The number of methoxy groups -OCH3 is 1. The van der Waals surface area contributed by atoms with E-state index in [1.165, 1.54) is 0 Å². The van der Waals surface area contributed by atoms with Gasteiger partial charge in [0.1, 0.15) is 5.76 Å². The van der Waals surface area contributed by atoms with Crippen LogP contribution in [0.1, 0.15) is 13.8 Å². The lowest BCUT2D eigenvalue weighted by molar-refractivity contribution is 0.300. The first-order chi connectivity index (χ1) is 5.65. The number of ether oxygens (including phenoxy) is 1. The van der Waals surface area contributed by atoms with Crippen molar-refractivity contribution in [3.05, 3.63) is 35.8 Å². The lowest BCUT2D eigenvalue weighted by Gasteiger charge is -2.04. The second kappa shape index (κ2) is 5.35. The fourth-order valence-electron chi connectivity index (χ4n) is 0.628. The minimum Gasteiger partial charge on any atom is -0.495 e. The molecule has 0 heterocycles. The van der Waals surface area contributed by atoms with Crippen molar-refractivity contribution in [2.45, 2.75) is 13.8 Å². The summed E-state index contributed by atoms with van der Waals surface area (Å²) in [5, 5.41) is 0. The van der Waals surface area contributed by atoms with Crippen molar-refractivity contribution < 1.29 is 4.74 Å². The molecule has 0 aromatic carbocycles. The Morgan fingerprint density at radius 3 is 2.42 bits per heavy atom. The van der Waals surface area contributed by atoms with Gasteiger partial charge in [0.15, 0.2) is 0 Å². The lowest BCUT2D eigenvalue weighted by Crippen LogP contribution is -1.88. The molecule has 66 valence electrons. The Balaban J connectivity index is 4.65. The van der Waals surface area contributed by atoms with E-state index in [-0.39, 0.29) is 0 Å². The Morgan fingerprint density at radius 1 is 1.50 bits per heavy atom. The normalized spacial score (nSPS) is 12.6. The van der Waals surface area contributed by atoms with Crippen LogP contribution < -0.4 is 0 Å². The highest BCUT2D eigenvalue weighted by molar-refractivity contribution is 5.37. The summed E-state index contributed by atoms with van der Waals surface area (Å²) < 4.78 is 5.06. The van der Waals surface area contributed by atoms with Gasteiger partial charge in [0.05, 0.1) is 12.8 Å². The molecule has 2 nitrogen and oxygen atoms in total. The zero-order chi connectivity index (χ0) is 9.56. The number of aliphatic imine (C=N–C) groups is 1. The van der Waals surface area contributed by atoms with Crippen LogP contribution in [-0.4, -0.2) is 13.8 Å². The average Bonchev–Trinajstić information content (AvgIpc) is 2.12. The molecular formula is C10H15NO. The molecule has 0 rings (SSSR count). The van der Waals surface area contributed by atoms with Crippen LogP contribution in [0.15, 0.2) is 40.8 Å². The van der Waals surface area contributed by atoms with Gasteiger partial charge in [-0.15, -0.1) is 0 Å². The second-order valence-corrected chi connectivity index (χ2v) is 2.35. The summed E-state index contributed by atoms with van der Waals surface area (Å²) in [5.74, 6) is 0.653. The highest BCUT2D eigenvalue weighted by Crippen LogP contribution is 2.11. The average molecular weight is 165 g/mol. The van der Waals surface area contributed by atoms with Gasteiger partial charge in [0.25, 0.3) is 0 Å². The van der Waals surface area contributed by atoms with Crippen LogP contribution in [0.3, 0.4) is 0 Å². The summed E-state index contributed by atoms with van der Waals surface area (Å²) >= 11 is 0. The second-order valence-electron chi connectivity index (χ2n) is 2.35. The van der Waals surface area contributed by atoms with E-state index in [0.29, 0.717) is 11.5 Å². The summed E-state index contributed by atoms with van der Waals surface area (Å²) in [6.07, 6.45) is 3.85. The SMILES string of the molecule is C=NC(=C)/C(=C\C(C)=C/C)OC. The minimum absolute atomic E-state index is 0.554. The van der Waals surface area contributed by atoms with Crippen molar-refractivity contribution >= 4 is 6.72 Å². The van der Waals surface area contributed by atoms with Gasteiger partial charge < -0.3 is 4.74 Å². The number of hydrogen-bond acceptors (Lipinski definition) is 2. The predicted octanol–water partition coefficient (Wildman–Crippen LogP) is 2.70. The predicted molar refractivity (Wildman–Crippen MR) is 53.2 cm³/mol. The molecule has 2 heteroatoms. The molecule has 0 aliphatic heterocycles. The fourth-order valence-corrected chi connectivity index (χ4v) is 0.628. The number of rotatable bonds is 4. The third kappa shape index (κ3) is 3.19. The third-order valence-corrected chi connectivity index (χ3v) is 1.51. The van der Waals surface area contributed by atoms with E-state index < -0.39 is 0 Å². The van der Waals surface area contributed by atoms with Crippen LogP contribution in [-0.2, 0) is 4.74 Å². The van der Waals surface area contributed by atoms with E-state index in [4.69, 9.17) is 4.74 Å². The Hall–Kier alpha value is -1.31. The number of allylic oxidation sites excluding steroid dienone is 3. The molecular weight excluding hydrogens is 150 g/mol. The van der Waals surface area contributed by atoms with Gasteiger partial charge in [-0.3, -0.25) is 4.99 Å².